The molecule has 0 heterocycles. The van der Waals surface area contributed by atoms with E-state index >= 15 is 0 Å². The van der Waals surface area contributed by atoms with E-state index < -0.39 is 10.8 Å². The zero-order valence-corrected chi connectivity index (χ0v) is 10.9. The van der Waals surface area contributed by atoms with Gasteiger partial charge in [-0.1, -0.05) is 24.3 Å². The Balaban J connectivity index is 2.19. The summed E-state index contributed by atoms with van der Waals surface area (Å²) >= 11 is 0. The van der Waals surface area contributed by atoms with E-state index in [0.29, 0.717) is 11.3 Å². The third-order valence-corrected chi connectivity index (χ3v) is 3.98. The topological polar surface area (TPSA) is 40.9 Å². The van der Waals surface area contributed by atoms with E-state index in [1.807, 2.05) is 43.3 Å². The quantitative estimate of drug-likeness (QED) is 0.845. The van der Waals surface area contributed by atoms with Gasteiger partial charge in [-0.3, -0.25) is 4.21 Å². The molecule has 2 aromatic rings. The van der Waals surface area contributed by atoms with Crippen molar-refractivity contribution in [2.75, 3.05) is 0 Å². The molecule has 0 bridgehead atoms. The van der Waals surface area contributed by atoms with Gasteiger partial charge in [0.15, 0.2) is 0 Å². The lowest BCUT2D eigenvalue weighted by Crippen LogP contribution is -1.97. The zero-order valence-electron chi connectivity index (χ0n) is 10.1. The van der Waals surface area contributed by atoms with Gasteiger partial charge in [-0.05, 0) is 42.3 Å². The third kappa shape index (κ3) is 3.06. The molecule has 0 spiro atoms. The summed E-state index contributed by atoms with van der Waals surface area (Å²) in [5.41, 5.74) is 2.63. The van der Waals surface area contributed by atoms with Crippen LogP contribution >= 0.6 is 0 Å². The van der Waals surface area contributed by atoms with Gasteiger partial charge in [-0.2, -0.15) is 5.26 Å². The van der Waals surface area contributed by atoms with Crippen molar-refractivity contribution in [3.8, 4) is 6.07 Å². The lowest BCUT2D eigenvalue weighted by molar-refractivity contribution is 0.682. The van der Waals surface area contributed by atoms with Gasteiger partial charge in [-0.15, -0.1) is 0 Å². The Hall–Kier alpha value is -1.92. The maximum Gasteiger partial charge on any atom is 0.0991 e. The standard InChI is InChI=1S/C15H13NOS/c1-12-4-2-7-15(8-12)18(17)11-14-6-3-5-13(9-14)10-16/h2-9H,11H2,1H3. The van der Waals surface area contributed by atoms with Crippen LogP contribution in [0.1, 0.15) is 16.7 Å². The fourth-order valence-electron chi connectivity index (χ4n) is 1.72. The highest BCUT2D eigenvalue weighted by Gasteiger charge is 2.05. The largest absolute Gasteiger partial charge is 0.254 e. The molecule has 0 radical (unpaired) electrons. The van der Waals surface area contributed by atoms with Gasteiger partial charge in [-0.25, -0.2) is 0 Å². The molecule has 1 atom stereocenters. The molecular formula is C15H13NOS. The molecule has 3 heteroatoms. The first-order valence-electron chi connectivity index (χ1n) is 5.63. The highest BCUT2D eigenvalue weighted by atomic mass is 32.2. The first-order valence-corrected chi connectivity index (χ1v) is 6.95. The monoisotopic (exact) mass is 255 g/mol. The van der Waals surface area contributed by atoms with E-state index in [1.54, 1.807) is 12.1 Å². The van der Waals surface area contributed by atoms with Crippen LogP contribution in [0.4, 0.5) is 0 Å². The molecule has 0 fully saturated rings. The second-order valence-corrected chi connectivity index (χ2v) is 5.57. The molecule has 0 saturated carbocycles. The van der Waals surface area contributed by atoms with Gasteiger partial charge in [0.05, 0.1) is 28.2 Å². The summed E-state index contributed by atoms with van der Waals surface area (Å²) in [7, 11) is -1.06. The van der Waals surface area contributed by atoms with Crippen molar-refractivity contribution in [3.05, 3.63) is 65.2 Å². The Labute approximate surface area is 109 Å². The van der Waals surface area contributed by atoms with Crippen LogP contribution in [-0.2, 0) is 16.6 Å². The molecule has 0 saturated heterocycles. The fourth-order valence-corrected chi connectivity index (χ4v) is 2.92. The van der Waals surface area contributed by atoms with Gasteiger partial charge in [0.1, 0.15) is 0 Å². The van der Waals surface area contributed by atoms with Crippen molar-refractivity contribution in [1.29, 1.82) is 5.26 Å². The van der Waals surface area contributed by atoms with Gasteiger partial charge >= 0.3 is 0 Å². The van der Waals surface area contributed by atoms with Crippen molar-refractivity contribution in [3.63, 3.8) is 0 Å². The predicted molar refractivity (Wildman–Crippen MR) is 72.4 cm³/mol. The first kappa shape index (κ1) is 12.5. The minimum Gasteiger partial charge on any atom is -0.254 e. The Bertz CT molecular complexity index is 628. The summed E-state index contributed by atoms with van der Waals surface area (Å²) in [5, 5.41) is 8.82. The van der Waals surface area contributed by atoms with Crippen molar-refractivity contribution in [2.24, 2.45) is 0 Å². The third-order valence-electron chi connectivity index (χ3n) is 2.61. The molecule has 0 N–H and O–H groups in total. The number of aryl methyl sites for hydroxylation is 1. The van der Waals surface area contributed by atoms with Gasteiger partial charge < -0.3 is 0 Å². The van der Waals surface area contributed by atoms with Gasteiger partial charge in [0.25, 0.3) is 0 Å². The van der Waals surface area contributed by atoms with Gasteiger partial charge in [0, 0.05) is 4.90 Å². The molecule has 18 heavy (non-hydrogen) atoms. The molecular weight excluding hydrogens is 242 g/mol. The summed E-state index contributed by atoms with van der Waals surface area (Å²) in [6.45, 7) is 1.98. The predicted octanol–water partition coefficient (Wildman–Crippen LogP) is 3.17. The van der Waals surface area contributed by atoms with Crippen LogP contribution in [-0.4, -0.2) is 4.21 Å². The second kappa shape index (κ2) is 5.61. The lowest BCUT2D eigenvalue weighted by atomic mass is 10.2. The van der Waals surface area contributed by atoms with Crippen LogP contribution in [0.25, 0.3) is 0 Å². The molecule has 90 valence electrons. The molecule has 0 aliphatic rings. The molecule has 2 aromatic carbocycles. The molecule has 0 aliphatic heterocycles. The summed E-state index contributed by atoms with van der Waals surface area (Å²) in [5.74, 6) is 0.443. The van der Waals surface area contributed by atoms with Crippen LogP contribution in [0.2, 0.25) is 0 Å². The Kier molecular flexibility index (Phi) is 3.91. The van der Waals surface area contributed by atoms with Crippen molar-refractivity contribution < 1.29 is 4.21 Å². The normalized spacial score (nSPS) is 11.8. The molecule has 0 aromatic heterocycles. The maximum atomic E-state index is 12.2. The SMILES string of the molecule is Cc1cccc(S(=O)Cc2cccc(C#N)c2)c1. The Morgan fingerprint density at radius 3 is 2.67 bits per heavy atom. The lowest BCUT2D eigenvalue weighted by Gasteiger charge is -2.04. The number of nitriles is 1. The molecule has 2 nitrogen and oxygen atoms in total. The van der Waals surface area contributed by atoms with E-state index in [-0.39, 0.29) is 0 Å². The van der Waals surface area contributed by atoms with E-state index in [1.165, 1.54) is 0 Å². The zero-order chi connectivity index (χ0) is 13.0. The Morgan fingerprint density at radius 2 is 1.94 bits per heavy atom. The molecule has 0 amide bonds. The first-order chi connectivity index (χ1) is 8.69. The number of hydrogen-bond acceptors (Lipinski definition) is 2. The van der Waals surface area contributed by atoms with E-state index in [2.05, 4.69) is 6.07 Å². The minimum atomic E-state index is -1.06. The number of benzene rings is 2. The summed E-state index contributed by atoms with van der Waals surface area (Å²) < 4.78 is 12.2. The smallest absolute Gasteiger partial charge is 0.0991 e. The highest BCUT2D eigenvalue weighted by molar-refractivity contribution is 7.84. The van der Waals surface area contributed by atoms with E-state index in [9.17, 15) is 4.21 Å². The minimum absolute atomic E-state index is 0.443. The van der Waals surface area contributed by atoms with E-state index in [0.717, 1.165) is 16.0 Å². The average molecular weight is 255 g/mol. The average Bonchev–Trinajstić information content (AvgIpc) is 2.39. The van der Waals surface area contributed by atoms with Gasteiger partial charge in [0.2, 0.25) is 0 Å². The van der Waals surface area contributed by atoms with Crippen LogP contribution in [0.15, 0.2) is 53.4 Å². The van der Waals surface area contributed by atoms with Crippen LogP contribution in [0.5, 0.6) is 0 Å². The second-order valence-electron chi connectivity index (χ2n) is 4.12. The van der Waals surface area contributed by atoms with Crippen molar-refractivity contribution >= 4 is 10.8 Å². The summed E-state index contributed by atoms with van der Waals surface area (Å²) in [6.07, 6.45) is 0. The highest BCUT2D eigenvalue weighted by Crippen LogP contribution is 2.14. The van der Waals surface area contributed by atoms with Crippen molar-refractivity contribution in [2.45, 2.75) is 17.6 Å². The van der Waals surface area contributed by atoms with Crippen molar-refractivity contribution in [1.82, 2.24) is 0 Å². The number of rotatable bonds is 3. The van der Waals surface area contributed by atoms with Crippen LogP contribution in [0.3, 0.4) is 0 Å². The molecule has 2 rings (SSSR count). The van der Waals surface area contributed by atoms with E-state index in [4.69, 9.17) is 5.26 Å². The number of nitrogens with zero attached hydrogens (tertiary/aromatic N) is 1. The summed E-state index contributed by atoms with van der Waals surface area (Å²) in [6, 6.07) is 17.0. The summed E-state index contributed by atoms with van der Waals surface area (Å²) in [4.78, 5) is 0.831. The molecule has 0 aliphatic carbocycles. The molecule has 1 unspecified atom stereocenters. The number of hydrogen-bond donors (Lipinski definition) is 0. The maximum absolute atomic E-state index is 12.2. The van der Waals surface area contributed by atoms with Crippen LogP contribution in [0, 0.1) is 18.3 Å². The Morgan fingerprint density at radius 1 is 1.17 bits per heavy atom. The van der Waals surface area contributed by atoms with Crippen LogP contribution < -0.4 is 0 Å². The fraction of sp³-hybridized carbons (Fsp3) is 0.133.